The molecule has 0 fully saturated rings. The minimum atomic E-state index is -3.56. The second-order valence-corrected chi connectivity index (χ2v) is 7.78. The maximum atomic E-state index is 12.1. The van der Waals surface area contributed by atoms with Gasteiger partial charge in [-0.1, -0.05) is 19.9 Å². The molecule has 6 heteroatoms. The highest BCUT2D eigenvalue weighted by atomic mass is 32.2. The van der Waals surface area contributed by atoms with Gasteiger partial charge in [0.1, 0.15) is 0 Å². The van der Waals surface area contributed by atoms with Gasteiger partial charge < -0.3 is 5.32 Å². The lowest BCUT2D eigenvalue weighted by atomic mass is 10.0. The summed E-state index contributed by atoms with van der Waals surface area (Å²) in [7, 11) is -3.56. The van der Waals surface area contributed by atoms with Crippen LogP contribution < -0.4 is 10.0 Å². The van der Waals surface area contributed by atoms with Crippen molar-refractivity contribution < 1.29 is 13.2 Å². The zero-order chi connectivity index (χ0) is 17.5. The Balaban J connectivity index is 2.69. The molecule has 1 aromatic rings. The first kappa shape index (κ1) is 19.4. The Kier molecular flexibility index (Phi) is 7.45. The van der Waals surface area contributed by atoms with Gasteiger partial charge in [0.2, 0.25) is 10.0 Å². The van der Waals surface area contributed by atoms with Gasteiger partial charge in [-0.15, -0.1) is 6.58 Å². The molecule has 0 bridgehead atoms. The molecular formula is C17H26N2O3S. The highest BCUT2D eigenvalue weighted by Gasteiger charge is 2.15. The van der Waals surface area contributed by atoms with Crippen molar-refractivity contribution in [2.75, 3.05) is 6.54 Å². The van der Waals surface area contributed by atoms with Gasteiger partial charge in [0.15, 0.2) is 0 Å². The number of benzene rings is 1. The lowest BCUT2D eigenvalue weighted by Crippen LogP contribution is -2.32. The van der Waals surface area contributed by atoms with Crippen LogP contribution in [0.15, 0.2) is 41.8 Å². The van der Waals surface area contributed by atoms with Crippen LogP contribution in [0.2, 0.25) is 0 Å². The zero-order valence-corrected chi connectivity index (χ0v) is 14.8. The summed E-state index contributed by atoms with van der Waals surface area (Å²) < 4.78 is 26.3. The van der Waals surface area contributed by atoms with E-state index >= 15 is 0 Å². The molecule has 0 radical (unpaired) electrons. The normalized spacial score (nSPS) is 12.9. The highest BCUT2D eigenvalue weighted by molar-refractivity contribution is 7.89. The van der Waals surface area contributed by atoms with Crippen LogP contribution >= 0.6 is 0 Å². The van der Waals surface area contributed by atoms with E-state index in [0.29, 0.717) is 11.5 Å². The minimum Gasteiger partial charge on any atom is -0.350 e. The van der Waals surface area contributed by atoms with E-state index in [0.717, 1.165) is 12.8 Å². The van der Waals surface area contributed by atoms with E-state index in [1.165, 1.54) is 30.3 Å². The van der Waals surface area contributed by atoms with E-state index in [1.54, 1.807) is 0 Å². The monoisotopic (exact) mass is 338 g/mol. The van der Waals surface area contributed by atoms with E-state index in [9.17, 15) is 13.2 Å². The summed E-state index contributed by atoms with van der Waals surface area (Å²) in [4.78, 5) is 12.3. The van der Waals surface area contributed by atoms with Gasteiger partial charge in [0.25, 0.3) is 5.91 Å². The van der Waals surface area contributed by atoms with Crippen LogP contribution in [0.1, 0.15) is 44.0 Å². The third-order valence-electron chi connectivity index (χ3n) is 3.40. The standard InChI is InChI=1S/C17H26N2O3S/c1-5-12-18-23(21,22)16-10-8-15(9-11-16)17(20)19-14(4)7-6-13(2)3/h5,8-11,13-14,18H,1,6-7,12H2,2-4H3,(H,19,20). The molecule has 0 aromatic heterocycles. The van der Waals surface area contributed by atoms with Crippen molar-refractivity contribution >= 4 is 15.9 Å². The van der Waals surface area contributed by atoms with Gasteiger partial charge in [-0.3, -0.25) is 4.79 Å². The lowest BCUT2D eigenvalue weighted by molar-refractivity contribution is 0.0937. The molecule has 1 amide bonds. The number of rotatable bonds is 9. The summed E-state index contributed by atoms with van der Waals surface area (Å²) in [5, 5.41) is 2.93. The summed E-state index contributed by atoms with van der Waals surface area (Å²) in [5.41, 5.74) is 0.448. The number of carbonyl (C=O) groups is 1. The molecule has 5 nitrogen and oxygen atoms in total. The Morgan fingerprint density at radius 3 is 2.30 bits per heavy atom. The fourth-order valence-corrected chi connectivity index (χ4v) is 3.00. The van der Waals surface area contributed by atoms with Gasteiger partial charge in [0, 0.05) is 18.2 Å². The molecule has 2 N–H and O–H groups in total. The van der Waals surface area contributed by atoms with Crippen molar-refractivity contribution in [1.29, 1.82) is 0 Å². The van der Waals surface area contributed by atoms with Crippen LogP contribution in [0.5, 0.6) is 0 Å². The predicted molar refractivity (Wildman–Crippen MR) is 92.8 cm³/mol. The molecule has 1 rings (SSSR count). The first-order valence-electron chi connectivity index (χ1n) is 7.77. The number of nitrogens with one attached hydrogen (secondary N) is 2. The fourth-order valence-electron chi connectivity index (χ4n) is 2.00. The Morgan fingerprint density at radius 1 is 1.17 bits per heavy atom. The van der Waals surface area contributed by atoms with Crippen molar-refractivity contribution in [1.82, 2.24) is 10.0 Å². The van der Waals surface area contributed by atoms with E-state index in [-0.39, 0.29) is 23.4 Å². The van der Waals surface area contributed by atoms with Crippen molar-refractivity contribution in [2.45, 2.75) is 44.6 Å². The first-order valence-corrected chi connectivity index (χ1v) is 9.26. The maximum absolute atomic E-state index is 12.1. The molecule has 1 aromatic carbocycles. The predicted octanol–water partition coefficient (Wildman–Crippen LogP) is 2.71. The van der Waals surface area contributed by atoms with Gasteiger partial charge in [0.05, 0.1) is 4.90 Å². The average Bonchev–Trinajstić information content (AvgIpc) is 2.51. The quantitative estimate of drug-likeness (QED) is 0.680. The zero-order valence-electron chi connectivity index (χ0n) is 14.0. The Bertz CT molecular complexity index is 622. The Hall–Kier alpha value is -1.66. The van der Waals surface area contributed by atoms with Gasteiger partial charge in [-0.25, -0.2) is 13.1 Å². The smallest absolute Gasteiger partial charge is 0.251 e. The van der Waals surface area contributed by atoms with Gasteiger partial charge in [-0.2, -0.15) is 0 Å². The summed E-state index contributed by atoms with van der Waals surface area (Å²) in [5.74, 6) is 0.408. The number of hydrogen-bond donors (Lipinski definition) is 2. The van der Waals surface area contributed by atoms with Crippen LogP contribution in [0, 0.1) is 5.92 Å². The molecule has 23 heavy (non-hydrogen) atoms. The van der Waals surface area contributed by atoms with Crippen molar-refractivity contribution in [3.8, 4) is 0 Å². The van der Waals surface area contributed by atoms with E-state index < -0.39 is 10.0 Å². The highest BCUT2D eigenvalue weighted by Crippen LogP contribution is 2.11. The Labute approximate surface area is 139 Å². The van der Waals surface area contributed by atoms with Crippen LogP contribution in [-0.2, 0) is 10.0 Å². The SMILES string of the molecule is C=CCNS(=O)(=O)c1ccc(C(=O)NC(C)CCC(C)C)cc1. The average molecular weight is 338 g/mol. The van der Waals surface area contributed by atoms with Gasteiger partial charge >= 0.3 is 0 Å². The van der Waals surface area contributed by atoms with Gasteiger partial charge in [-0.05, 0) is 49.9 Å². The number of amides is 1. The summed E-state index contributed by atoms with van der Waals surface area (Å²) in [6.07, 6.45) is 3.44. The molecule has 128 valence electrons. The van der Waals surface area contributed by atoms with E-state index in [2.05, 4.69) is 30.5 Å². The molecule has 1 unspecified atom stereocenters. The van der Waals surface area contributed by atoms with Crippen molar-refractivity contribution in [2.24, 2.45) is 5.92 Å². The third-order valence-corrected chi connectivity index (χ3v) is 4.84. The first-order chi connectivity index (χ1) is 10.8. The molecule has 0 saturated heterocycles. The topological polar surface area (TPSA) is 75.3 Å². The third kappa shape index (κ3) is 6.54. The summed E-state index contributed by atoms with van der Waals surface area (Å²) in [6, 6.07) is 5.99. The Morgan fingerprint density at radius 2 is 1.78 bits per heavy atom. The van der Waals surface area contributed by atoms with Crippen LogP contribution in [0.25, 0.3) is 0 Å². The largest absolute Gasteiger partial charge is 0.350 e. The summed E-state index contributed by atoms with van der Waals surface area (Å²) >= 11 is 0. The second-order valence-electron chi connectivity index (χ2n) is 6.01. The second kappa shape index (κ2) is 8.84. The molecule has 0 saturated carbocycles. The molecule has 0 aliphatic heterocycles. The maximum Gasteiger partial charge on any atom is 0.251 e. The van der Waals surface area contributed by atoms with Crippen molar-refractivity contribution in [3.63, 3.8) is 0 Å². The molecule has 0 aliphatic carbocycles. The fraction of sp³-hybridized carbons (Fsp3) is 0.471. The van der Waals surface area contributed by atoms with E-state index in [1.807, 2.05) is 6.92 Å². The number of sulfonamides is 1. The molecule has 0 spiro atoms. The number of carbonyl (C=O) groups excluding carboxylic acids is 1. The number of hydrogen-bond acceptors (Lipinski definition) is 3. The molecule has 1 atom stereocenters. The molecule has 0 heterocycles. The van der Waals surface area contributed by atoms with Crippen LogP contribution in [0.3, 0.4) is 0 Å². The lowest BCUT2D eigenvalue weighted by Gasteiger charge is -2.15. The van der Waals surface area contributed by atoms with E-state index in [4.69, 9.17) is 0 Å². The van der Waals surface area contributed by atoms with Crippen LogP contribution in [0.4, 0.5) is 0 Å². The molecule has 0 aliphatic rings. The summed E-state index contributed by atoms with van der Waals surface area (Å²) in [6.45, 7) is 9.90. The van der Waals surface area contributed by atoms with Crippen molar-refractivity contribution in [3.05, 3.63) is 42.5 Å². The van der Waals surface area contributed by atoms with Crippen LogP contribution in [-0.4, -0.2) is 26.9 Å². The minimum absolute atomic E-state index is 0.0857. The molecular weight excluding hydrogens is 312 g/mol.